The molecule has 0 fully saturated rings. The van der Waals surface area contributed by atoms with Crippen LogP contribution in [-0.4, -0.2) is 21.3 Å². The van der Waals surface area contributed by atoms with E-state index in [0.717, 1.165) is 22.4 Å². The minimum absolute atomic E-state index is 0.411. The van der Waals surface area contributed by atoms with E-state index in [9.17, 15) is 0 Å². The van der Waals surface area contributed by atoms with Crippen LogP contribution in [0.2, 0.25) is 0 Å². The summed E-state index contributed by atoms with van der Waals surface area (Å²) in [5.74, 6) is 7.12. The Hall–Kier alpha value is -2.28. The summed E-state index contributed by atoms with van der Waals surface area (Å²) in [6, 6.07) is 15.4. The van der Waals surface area contributed by atoms with Gasteiger partial charge in [0.15, 0.2) is 6.29 Å². The summed E-state index contributed by atoms with van der Waals surface area (Å²) in [5.41, 5.74) is 2.74. The van der Waals surface area contributed by atoms with Crippen molar-refractivity contribution in [1.82, 2.24) is 0 Å². The van der Waals surface area contributed by atoms with Crippen LogP contribution < -0.4 is 4.74 Å². The number of rotatable bonds is 4. The monoisotopic (exact) mass is 282 g/mol. The molecule has 2 rings (SSSR count). The Morgan fingerprint density at radius 3 is 2.10 bits per heavy atom. The largest absolute Gasteiger partial charge is 0.497 e. The molecule has 0 N–H and O–H groups in total. The van der Waals surface area contributed by atoms with E-state index in [0.29, 0.717) is 0 Å². The van der Waals surface area contributed by atoms with Crippen molar-refractivity contribution in [2.24, 2.45) is 0 Å². The summed E-state index contributed by atoms with van der Waals surface area (Å²) in [4.78, 5) is 0. The molecule has 2 aromatic rings. The van der Waals surface area contributed by atoms with Crippen molar-refractivity contribution in [1.29, 1.82) is 0 Å². The Morgan fingerprint density at radius 1 is 0.810 bits per heavy atom. The van der Waals surface area contributed by atoms with Crippen molar-refractivity contribution in [3.63, 3.8) is 0 Å². The molecular formula is C18H18O3. The molecule has 2 aromatic carbocycles. The second-order valence-corrected chi connectivity index (χ2v) is 4.37. The summed E-state index contributed by atoms with van der Waals surface area (Å²) in [6.07, 6.45) is -0.411. The van der Waals surface area contributed by atoms with Gasteiger partial charge in [0.1, 0.15) is 5.75 Å². The maximum absolute atomic E-state index is 5.30. The lowest BCUT2D eigenvalue weighted by molar-refractivity contribution is -0.106. The number of ether oxygens (including phenoxy) is 3. The van der Waals surface area contributed by atoms with Crippen LogP contribution in [0.5, 0.6) is 5.75 Å². The highest BCUT2D eigenvalue weighted by Gasteiger charge is 2.11. The van der Waals surface area contributed by atoms with Crippen molar-refractivity contribution in [2.45, 2.75) is 6.29 Å². The van der Waals surface area contributed by atoms with Gasteiger partial charge in [-0.15, -0.1) is 0 Å². The maximum atomic E-state index is 5.30. The Labute approximate surface area is 125 Å². The van der Waals surface area contributed by atoms with Gasteiger partial charge in [-0.3, -0.25) is 0 Å². The molecule has 0 aliphatic rings. The Morgan fingerprint density at radius 2 is 1.48 bits per heavy atom. The molecule has 0 atom stereocenters. The Bertz CT molecular complexity index is 632. The lowest BCUT2D eigenvalue weighted by Gasteiger charge is -2.15. The fraction of sp³-hybridized carbons (Fsp3) is 0.222. The topological polar surface area (TPSA) is 27.7 Å². The molecule has 3 heteroatoms. The van der Waals surface area contributed by atoms with Crippen LogP contribution in [-0.2, 0) is 9.47 Å². The van der Waals surface area contributed by atoms with Crippen LogP contribution in [0.25, 0.3) is 0 Å². The first-order valence-electron chi connectivity index (χ1n) is 6.59. The predicted octanol–water partition coefficient (Wildman–Crippen LogP) is 3.39. The van der Waals surface area contributed by atoms with Gasteiger partial charge in [0.25, 0.3) is 0 Å². The standard InChI is InChI=1S/C18H18O3/c1-19-16-12-9-14(10-13-16)8-11-15-6-4-5-7-17(15)18(20-2)21-3/h4-7,9-10,12-13,18H,1-3H3. The quantitative estimate of drug-likeness (QED) is 0.635. The third kappa shape index (κ3) is 3.85. The predicted molar refractivity (Wildman–Crippen MR) is 82.2 cm³/mol. The van der Waals surface area contributed by atoms with Gasteiger partial charge in [-0.25, -0.2) is 0 Å². The van der Waals surface area contributed by atoms with E-state index in [1.165, 1.54) is 0 Å². The first-order chi connectivity index (χ1) is 10.3. The van der Waals surface area contributed by atoms with Crippen molar-refractivity contribution >= 4 is 0 Å². The number of hydrogen-bond acceptors (Lipinski definition) is 3. The highest BCUT2D eigenvalue weighted by Crippen LogP contribution is 2.21. The SMILES string of the molecule is COc1ccc(C#Cc2ccccc2C(OC)OC)cc1. The van der Waals surface area contributed by atoms with Crippen LogP contribution in [0.1, 0.15) is 23.0 Å². The van der Waals surface area contributed by atoms with Crippen LogP contribution in [0.15, 0.2) is 48.5 Å². The molecule has 0 heterocycles. The van der Waals surface area contributed by atoms with Crippen molar-refractivity contribution < 1.29 is 14.2 Å². The van der Waals surface area contributed by atoms with Crippen LogP contribution in [0, 0.1) is 11.8 Å². The molecule has 21 heavy (non-hydrogen) atoms. The minimum Gasteiger partial charge on any atom is -0.497 e. The second-order valence-electron chi connectivity index (χ2n) is 4.37. The minimum atomic E-state index is -0.411. The first-order valence-corrected chi connectivity index (χ1v) is 6.59. The van der Waals surface area contributed by atoms with Gasteiger partial charge >= 0.3 is 0 Å². The average molecular weight is 282 g/mol. The molecule has 0 saturated heterocycles. The molecule has 0 radical (unpaired) electrons. The zero-order valence-electron chi connectivity index (χ0n) is 12.4. The molecular weight excluding hydrogens is 264 g/mol. The van der Waals surface area contributed by atoms with Crippen LogP contribution in [0.3, 0.4) is 0 Å². The summed E-state index contributed by atoms with van der Waals surface area (Å²) in [7, 11) is 4.87. The van der Waals surface area contributed by atoms with E-state index >= 15 is 0 Å². The highest BCUT2D eigenvalue weighted by molar-refractivity contribution is 5.47. The van der Waals surface area contributed by atoms with Crippen molar-refractivity contribution in [2.75, 3.05) is 21.3 Å². The third-order valence-corrected chi connectivity index (χ3v) is 3.07. The molecule has 0 bridgehead atoms. The number of hydrogen-bond donors (Lipinski definition) is 0. The zero-order chi connectivity index (χ0) is 15.1. The highest BCUT2D eigenvalue weighted by atomic mass is 16.7. The Kier molecular flexibility index (Phi) is 5.39. The summed E-state index contributed by atoms with van der Waals surface area (Å²) in [6.45, 7) is 0. The lowest BCUT2D eigenvalue weighted by Crippen LogP contribution is -2.05. The van der Waals surface area contributed by atoms with Gasteiger partial charge in [0.2, 0.25) is 0 Å². The zero-order valence-corrected chi connectivity index (χ0v) is 12.4. The molecule has 0 saturated carbocycles. The molecule has 0 aliphatic heterocycles. The van der Waals surface area contributed by atoms with Gasteiger partial charge in [-0.1, -0.05) is 30.0 Å². The molecule has 3 nitrogen and oxygen atoms in total. The van der Waals surface area contributed by atoms with E-state index in [2.05, 4.69) is 11.8 Å². The van der Waals surface area contributed by atoms with Gasteiger partial charge in [0, 0.05) is 30.9 Å². The molecule has 0 amide bonds. The van der Waals surface area contributed by atoms with Crippen molar-refractivity contribution in [3.05, 3.63) is 65.2 Å². The van der Waals surface area contributed by atoms with Gasteiger partial charge < -0.3 is 14.2 Å². The molecule has 108 valence electrons. The summed E-state index contributed by atoms with van der Waals surface area (Å²) in [5, 5.41) is 0. The lowest BCUT2D eigenvalue weighted by atomic mass is 10.1. The van der Waals surface area contributed by atoms with Gasteiger partial charge in [0.05, 0.1) is 7.11 Å². The van der Waals surface area contributed by atoms with E-state index < -0.39 is 6.29 Å². The first kappa shape index (κ1) is 15.1. The van der Waals surface area contributed by atoms with Crippen LogP contribution >= 0.6 is 0 Å². The molecule has 0 aliphatic carbocycles. The van der Waals surface area contributed by atoms with Gasteiger partial charge in [-0.2, -0.15) is 0 Å². The average Bonchev–Trinajstić information content (AvgIpc) is 2.55. The maximum Gasteiger partial charge on any atom is 0.184 e. The molecule has 0 aromatic heterocycles. The Balaban J connectivity index is 2.29. The van der Waals surface area contributed by atoms with E-state index in [4.69, 9.17) is 14.2 Å². The molecule has 0 unspecified atom stereocenters. The second kappa shape index (κ2) is 7.49. The summed E-state index contributed by atoms with van der Waals surface area (Å²) >= 11 is 0. The van der Waals surface area contributed by atoms with E-state index in [-0.39, 0.29) is 0 Å². The van der Waals surface area contributed by atoms with Crippen molar-refractivity contribution in [3.8, 4) is 17.6 Å². The third-order valence-electron chi connectivity index (χ3n) is 3.07. The number of methoxy groups -OCH3 is 3. The number of benzene rings is 2. The fourth-order valence-electron chi connectivity index (χ4n) is 1.98. The smallest absolute Gasteiger partial charge is 0.184 e. The van der Waals surface area contributed by atoms with Gasteiger partial charge in [-0.05, 0) is 30.3 Å². The molecule has 0 spiro atoms. The van der Waals surface area contributed by atoms with E-state index in [1.807, 2.05) is 48.5 Å². The summed E-state index contributed by atoms with van der Waals surface area (Å²) < 4.78 is 15.7. The van der Waals surface area contributed by atoms with Crippen LogP contribution in [0.4, 0.5) is 0 Å². The normalized spacial score (nSPS) is 10.1. The van der Waals surface area contributed by atoms with E-state index in [1.54, 1.807) is 21.3 Å². The fourth-order valence-corrected chi connectivity index (χ4v) is 1.98.